The van der Waals surface area contributed by atoms with Gasteiger partial charge in [-0.3, -0.25) is 9.59 Å². The molecule has 1 rings (SSSR count). The summed E-state index contributed by atoms with van der Waals surface area (Å²) in [6, 6.07) is 0. The zero-order valence-corrected chi connectivity index (χ0v) is 6.79. The van der Waals surface area contributed by atoms with E-state index in [4.69, 9.17) is 0 Å². The van der Waals surface area contributed by atoms with Gasteiger partial charge in [0, 0.05) is 12.3 Å². The van der Waals surface area contributed by atoms with Gasteiger partial charge in [-0.15, -0.1) is 0 Å². The first-order valence-corrected chi connectivity index (χ1v) is 3.83. The van der Waals surface area contributed by atoms with E-state index in [0.717, 1.165) is 0 Å². The van der Waals surface area contributed by atoms with E-state index in [1.807, 2.05) is 0 Å². The maximum atomic E-state index is 11.3. The van der Waals surface area contributed by atoms with Crippen LogP contribution in [0.5, 0.6) is 0 Å². The molecule has 0 aliphatic carbocycles. The molecule has 3 heteroatoms. The zero-order valence-electron chi connectivity index (χ0n) is 6.79. The van der Waals surface area contributed by atoms with Crippen LogP contribution in [0.3, 0.4) is 0 Å². The lowest BCUT2D eigenvalue weighted by Crippen LogP contribution is -2.23. The molecule has 1 aliphatic rings. The molecule has 0 bridgehead atoms. The standard InChI is InChI=1S/C8H12O3/c1-5(2)7(9)6-3-4-11-8(6)10/h5-6H,3-4H2,1-2H3/t6-/m1/s1. The topological polar surface area (TPSA) is 43.4 Å². The quantitative estimate of drug-likeness (QED) is 0.438. The number of carbonyl (C=O) groups is 2. The van der Waals surface area contributed by atoms with Crippen LogP contribution in [0.2, 0.25) is 0 Å². The number of ether oxygens (including phenoxy) is 1. The smallest absolute Gasteiger partial charge is 0.316 e. The molecule has 62 valence electrons. The van der Waals surface area contributed by atoms with E-state index in [9.17, 15) is 9.59 Å². The van der Waals surface area contributed by atoms with E-state index in [1.165, 1.54) is 0 Å². The molecule has 1 aliphatic heterocycles. The Balaban J connectivity index is 2.60. The van der Waals surface area contributed by atoms with Crippen LogP contribution in [0.15, 0.2) is 0 Å². The van der Waals surface area contributed by atoms with E-state index in [-0.39, 0.29) is 17.7 Å². The third-order valence-electron chi connectivity index (χ3n) is 1.85. The van der Waals surface area contributed by atoms with Crippen molar-refractivity contribution in [2.75, 3.05) is 6.61 Å². The number of hydrogen-bond donors (Lipinski definition) is 0. The minimum absolute atomic E-state index is 0.00694. The Morgan fingerprint density at radius 1 is 1.64 bits per heavy atom. The summed E-state index contributed by atoms with van der Waals surface area (Å²) in [6.45, 7) is 4.00. The summed E-state index contributed by atoms with van der Waals surface area (Å²) in [5, 5.41) is 0. The van der Waals surface area contributed by atoms with Gasteiger partial charge in [-0.2, -0.15) is 0 Å². The third kappa shape index (κ3) is 1.59. The summed E-state index contributed by atoms with van der Waals surface area (Å²) >= 11 is 0. The van der Waals surface area contributed by atoms with Crippen LogP contribution in [0.4, 0.5) is 0 Å². The van der Waals surface area contributed by atoms with Crippen LogP contribution < -0.4 is 0 Å². The highest BCUT2D eigenvalue weighted by Crippen LogP contribution is 2.18. The molecular formula is C8H12O3. The molecule has 1 heterocycles. The number of ketones is 1. The van der Waals surface area contributed by atoms with Crippen molar-refractivity contribution in [2.24, 2.45) is 11.8 Å². The van der Waals surface area contributed by atoms with Crippen LogP contribution in [0.25, 0.3) is 0 Å². The highest BCUT2D eigenvalue weighted by atomic mass is 16.5. The molecule has 1 atom stereocenters. The molecule has 0 N–H and O–H groups in total. The third-order valence-corrected chi connectivity index (χ3v) is 1.85. The van der Waals surface area contributed by atoms with Gasteiger partial charge in [-0.05, 0) is 0 Å². The highest BCUT2D eigenvalue weighted by Gasteiger charge is 2.33. The van der Waals surface area contributed by atoms with Crippen LogP contribution in [-0.2, 0) is 14.3 Å². The largest absolute Gasteiger partial charge is 0.465 e. The zero-order chi connectivity index (χ0) is 8.43. The average molecular weight is 156 g/mol. The summed E-state index contributed by atoms with van der Waals surface area (Å²) in [5.74, 6) is -0.878. The number of esters is 1. The van der Waals surface area contributed by atoms with Crippen molar-refractivity contribution in [2.45, 2.75) is 20.3 Å². The predicted molar refractivity (Wildman–Crippen MR) is 38.9 cm³/mol. The second-order valence-electron chi connectivity index (χ2n) is 3.07. The van der Waals surface area contributed by atoms with Crippen LogP contribution in [0, 0.1) is 11.8 Å². The fourth-order valence-electron chi connectivity index (χ4n) is 1.16. The lowest BCUT2D eigenvalue weighted by atomic mass is 9.94. The molecule has 0 saturated carbocycles. The molecule has 11 heavy (non-hydrogen) atoms. The second-order valence-corrected chi connectivity index (χ2v) is 3.07. The van der Waals surface area contributed by atoms with Gasteiger partial charge in [0.1, 0.15) is 11.7 Å². The first-order chi connectivity index (χ1) is 5.13. The first kappa shape index (κ1) is 8.24. The van der Waals surface area contributed by atoms with Gasteiger partial charge in [0.25, 0.3) is 0 Å². The van der Waals surface area contributed by atoms with E-state index < -0.39 is 5.92 Å². The molecule has 0 aromatic rings. The van der Waals surface area contributed by atoms with Gasteiger partial charge in [-0.1, -0.05) is 13.8 Å². The Morgan fingerprint density at radius 3 is 2.64 bits per heavy atom. The van der Waals surface area contributed by atoms with Crippen LogP contribution >= 0.6 is 0 Å². The lowest BCUT2D eigenvalue weighted by Gasteiger charge is -2.06. The fraction of sp³-hybridized carbons (Fsp3) is 0.750. The summed E-state index contributed by atoms with van der Waals surface area (Å²) in [6.07, 6.45) is 0.565. The maximum absolute atomic E-state index is 11.3. The van der Waals surface area contributed by atoms with E-state index >= 15 is 0 Å². The Labute approximate surface area is 65.7 Å². The van der Waals surface area contributed by atoms with Crippen molar-refractivity contribution in [1.82, 2.24) is 0 Å². The SMILES string of the molecule is CC(C)C(=O)[C@H]1CCOC1=O. The minimum Gasteiger partial charge on any atom is -0.465 e. The van der Waals surface area contributed by atoms with Gasteiger partial charge < -0.3 is 4.74 Å². The Morgan fingerprint density at radius 2 is 2.27 bits per heavy atom. The molecular weight excluding hydrogens is 144 g/mol. The van der Waals surface area contributed by atoms with E-state index in [0.29, 0.717) is 13.0 Å². The fourth-order valence-corrected chi connectivity index (χ4v) is 1.16. The number of Topliss-reactive ketones (excluding diaryl/α,β-unsaturated/α-hetero) is 1. The molecule has 1 saturated heterocycles. The summed E-state index contributed by atoms with van der Waals surface area (Å²) in [7, 11) is 0. The van der Waals surface area contributed by atoms with Gasteiger partial charge >= 0.3 is 5.97 Å². The average Bonchev–Trinajstić information content (AvgIpc) is 2.33. The van der Waals surface area contributed by atoms with Gasteiger partial charge in [-0.25, -0.2) is 0 Å². The molecule has 0 amide bonds. The molecule has 0 radical (unpaired) electrons. The summed E-state index contributed by atoms with van der Waals surface area (Å²) in [4.78, 5) is 22.1. The van der Waals surface area contributed by atoms with Gasteiger partial charge in [0.05, 0.1) is 6.61 Å². The van der Waals surface area contributed by atoms with E-state index in [1.54, 1.807) is 13.8 Å². The first-order valence-electron chi connectivity index (χ1n) is 3.83. The van der Waals surface area contributed by atoms with Gasteiger partial charge in [0.2, 0.25) is 0 Å². The monoisotopic (exact) mass is 156 g/mol. The molecule has 0 spiro atoms. The number of hydrogen-bond acceptors (Lipinski definition) is 3. The van der Waals surface area contributed by atoms with Crippen molar-refractivity contribution >= 4 is 11.8 Å². The Bertz CT molecular complexity index is 184. The normalized spacial score (nSPS) is 23.9. The van der Waals surface area contributed by atoms with Crippen molar-refractivity contribution < 1.29 is 14.3 Å². The highest BCUT2D eigenvalue weighted by molar-refractivity contribution is 6.00. The van der Waals surface area contributed by atoms with Crippen molar-refractivity contribution in [3.05, 3.63) is 0 Å². The molecule has 1 fully saturated rings. The number of rotatable bonds is 2. The van der Waals surface area contributed by atoms with Crippen LogP contribution in [0.1, 0.15) is 20.3 Å². The second kappa shape index (κ2) is 3.03. The number of carbonyl (C=O) groups excluding carboxylic acids is 2. The summed E-state index contributed by atoms with van der Waals surface area (Å²) < 4.78 is 4.68. The molecule has 0 unspecified atom stereocenters. The number of cyclic esters (lactones) is 1. The van der Waals surface area contributed by atoms with Crippen molar-refractivity contribution in [3.8, 4) is 0 Å². The van der Waals surface area contributed by atoms with Crippen molar-refractivity contribution in [1.29, 1.82) is 0 Å². The minimum atomic E-state index is -0.477. The molecule has 3 nitrogen and oxygen atoms in total. The molecule has 0 aromatic carbocycles. The van der Waals surface area contributed by atoms with Crippen molar-refractivity contribution in [3.63, 3.8) is 0 Å². The summed E-state index contributed by atoms with van der Waals surface area (Å²) in [5.41, 5.74) is 0. The Hall–Kier alpha value is -0.860. The Kier molecular flexibility index (Phi) is 2.27. The van der Waals surface area contributed by atoms with Crippen LogP contribution in [-0.4, -0.2) is 18.4 Å². The lowest BCUT2D eigenvalue weighted by molar-refractivity contribution is -0.145. The van der Waals surface area contributed by atoms with E-state index in [2.05, 4.69) is 4.74 Å². The predicted octanol–water partition coefficient (Wildman–Crippen LogP) is 0.775. The van der Waals surface area contributed by atoms with Gasteiger partial charge in [0.15, 0.2) is 0 Å². The maximum Gasteiger partial charge on any atom is 0.316 e. The molecule has 0 aromatic heterocycles.